The van der Waals surface area contributed by atoms with Gasteiger partial charge in [0.05, 0.1) is 39.6 Å². The largest absolute Gasteiger partial charge is 0.394 e. The molecule has 6 aliphatic rings. The molecule has 30 atom stereocenters. The topological polar surface area (TPSA) is 506 Å². The van der Waals surface area contributed by atoms with E-state index in [4.69, 9.17) is 52.1 Å². The quantitative estimate of drug-likeness (QED) is 0.0683. The molecule has 6 heterocycles. The number of hydrogen-bond donors (Lipinski definition) is 20. The molecule has 6 saturated heterocycles. The first kappa shape index (κ1) is 55.1. The molecule has 0 unspecified atom stereocenters. The Morgan fingerprint density at radius 1 is 0.254 bits per heavy atom. The van der Waals surface area contributed by atoms with Gasteiger partial charge in [-0.15, -0.1) is 0 Å². The van der Waals surface area contributed by atoms with Crippen molar-refractivity contribution in [1.29, 1.82) is 0 Å². The Hall–Kier alpha value is -1.24. The highest BCUT2D eigenvalue weighted by atomic mass is 16.8. The van der Waals surface area contributed by atoms with E-state index in [0.29, 0.717) is 0 Å². The molecular formula is C36H62O31. The van der Waals surface area contributed by atoms with Crippen molar-refractivity contribution < 1.29 is 154 Å². The molecule has 6 fully saturated rings. The van der Waals surface area contributed by atoms with Crippen molar-refractivity contribution in [2.45, 2.75) is 184 Å². The van der Waals surface area contributed by atoms with E-state index in [2.05, 4.69) is 0 Å². The second kappa shape index (κ2) is 23.5. The fraction of sp³-hybridized carbons (Fsp3) is 1.00. The number of aliphatic hydroxyl groups excluding tert-OH is 20. The van der Waals surface area contributed by atoms with Crippen LogP contribution in [0.15, 0.2) is 0 Å². The summed E-state index contributed by atoms with van der Waals surface area (Å²) in [4.78, 5) is 0. The van der Waals surface area contributed by atoms with Crippen molar-refractivity contribution in [2.24, 2.45) is 0 Å². The summed E-state index contributed by atoms with van der Waals surface area (Å²) >= 11 is 0. The molecule has 31 nitrogen and oxygen atoms in total. The van der Waals surface area contributed by atoms with Gasteiger partial charge in [-0.2, -0.15) is 0 Å². The summed E-state index contributed by atoms with van der Waals surface area (Å²) in [6, 6.07) is 0. The van der Waals surface area contributed by atoms with E-state index in [9.17, 15) is 102 Å². The monoisotopic (exact) mass is 990 g/mol. The van der Waals surface area contributed by atoms with E-state index in [1.165, 1.54) is 0 Å². The van der Waals surface area contributed by atoms with Gasteiger partial charge in [0.25, 0.3) is 0 Å². The maximum Gasteiger partial charge on any atom is 0.187 e. The minimum Gasteiger partial charge on any atom is -0.394 e. The summed E-state index contributed by atoms with van der Waals surface area (Å²) in [6.07, 6.45) is -56.5. The molecule has 0 aromatic heterocycles. The third-order valence-electron chi connectivity index (χ3n) is 12.4. The third-order valence-corrected chi connectivity index (χ3v) is 12.4. The van der Waals surface area contributed by atoms with Gasteiger partial charge >= 0.3 is 0 Å². The van der Waals surface area contributed by atoms with E-state index in [0.717, 1.165) is 0 Å². The van der Waals surface area contributed by atoms with Gasteiger partial charge < -0.3 is 154 Å². The molecular weight excluding hydrogens is 928 g/mol. The molecule has 0 aromatic rings. The summed E-state index contributed by atoms with van der Waals surface area (Å²) in [6.45, 7) is -5.05. The van der Waals surface area contributed by atoms with Gasteiger partial charge in [0.15, 0.2) is 37.7 Å². The minimum absolute atomic E-state index is 0.770. The molecule has 6 rings (SSSR count). The summed E-state index contributed by atoms with van der Waals surface area (Å²) in [5.41, 5.74) is 0. The lowest BCUT2D eigenvalue weighted by molar-refractivity contribution is -0.376. The average molecular weight is 991 g/mol. The Labute approximate surface area is 378 Å². The van der Waals surface area contributed by atoms with Crippen LogP contribution in [0.2, 0.25) is 0 Å². The Balaban J connectivity index is 1.14. The van der Waals surface area contributed by atoms with Crippen LogP contribution in [0.5, 0.6) is 0 Å². The third kappa shape index (κ3) is 11.7. The second-order valence-corrected chi connectivity index (χ2v) is 16.9. The van der Waals surface area contributed by atoms with Gasteiger partial charge in [-0.3, -0.25) is 0 Å². The average Bonchev–Trinajstić information content (AvgIpc) is 3.31. The van der Waals surface area contributed by atoms with Crippen LogP contribution in [0.3, 0.4) is 0 Å². The maximum absolute atomic E-state index is 11.4. The first-order valence-electron chi connectivity index (χ1n) is 21.1. The molecule has 0 aromatic carbocycles. The SMILES string of the molecule is OC[C@H]1O[C@H](OC[C@H]2O[C@H](OC[C@H]3O[C@H](O[C@@H]4[C@H](O)[C@@H](O)O[C@H](CO[C@H]5O[C@H](CO)[C@@H](O)[C@H](O)[C@@H]5O)[C@H]4O)[C@@H](O)[C@@H](O)[C@@H]3O)[C@@H](O)[C@@H](O[C@H]3O[C@H](CO)[C@@H](O)[C@H](O)[C@@H]3O)[C@@H]2O)[C@@H](O)[C@@H](O)[C@@H]1O. The molecule has 0 radical (unpaired) electrons. The van der Waals surface area contributed by atoms with E-state index < -0.39 is 224 Å². The summed E-state index contributed by atoms with van der Waals surface area (Å²) in [7, 11) is 0. The fourth-order valence-electron chi connectivity index (χ4n) is 8.19. The molecule has 31 heteroatoms. The fourth-order valence-corrected chi connectivity index (χ4v) is 8.19. The summed E-state index contributed by atoms with van der Waals surface area (Å²) < 4.78 is 60.3. The Kier molecular flexibility index (Phi) is 19.4. The molecule has 67 heavy (non-hydrogen) atoms. The summed E-state index contributed by atoms with van der Waals surface area (Å²) in [5.74, 6) is 0. The number of aliphatic hydroxyl groups is 20. The van der Waals surface area contributed by atoms with Gasteiger partial charge in [-0.05, 0) is 0 Å². The first-order valence-corrected chi connectivity index (χ1v) is 21.1. The highest BCUT2D eigenvalue weighted by Gasteiger charge is 2.55. The van der Waals surface area contributed by atoms with Crippen LogP contribution in [0.1, 0.15) is 0 Å². The first-order chi connectivity index (χ1) is 31.6. The van der Waals surface area contributed by atoms with Crippen molar-refractivity contribution in [3.05, 3.63) is 0 Å². The lowest BCUT2D eigenvalue weighted by Gasteiger charge is -2.47. The van der Waals surface area contributed by atoms with E-state index in [1.54, 1.807) is 0 Å². The van der Waals surface area contributed by atoms with Crippen LogP contribution >= 0.6 is 0 Å². The van der Waals surface area contributed by atoms with E-state index in [-0.39, 0.29) is 0 Å². The highest BCUT2D eigenvalue weighted by Crippen LogP contribution is 2.34. The normalized spacial score (nSPS) is 53.4. The van der Waals surface area contributed by atoms with E-state index >= 15 is 0 Å². The zero-order valence-corrected chi connectivity index (χ0v) is 35.0. The van der Waals surface area contributed by atoms with Crippen molar-refractivity contribution in [3.63, 3.8) is 0 Å². The van der Waals surface area contributed by atoms with Crippen LogP contribution in [-0.2, 0) is 52.1 Å². The lowest BCUT2D eigenvalue weighted by atomic mass is 9.96. The smallest absolute Gasteiger partial charge is 0.187 e. The van der Waals surface area contributed by atoms with Crippen molar-refractivity contribution in [3.8, 4) is 0 Å². The molecule has 6 aliphatic heterocycles. The van der Waals surface area contributed by atoms with E-state index in [1.807, 2.05) is 0 Å². The molecule has 0 spiro atoms. The molecule has 0 saturated carbocycles. The molecule has 20 N–H and O–H groups in total. The molecule has 0 bridgehead atoms. The second-order valence-electron chi connectivity index (χ2n) is 16.9. The van der Waals surface area contributed by atoms with Gasteiger partial charge in [0.2, 0.25) is 0 Å². The van der Waals surface area contributed by atoms with Crippen LogP contribution < -0.4 is 0 Å². The van der Waals surface area contributed by atoms with Gasteiger partial charge in [-0.25, -0.2) is 0 Å². The molecule has 392 valence electrons. The number of hydrogen-bond acceptors (Lipinski definition) is 31. The van der Waals surface area contributed by atoms with Gasteiger partial charge in [0.1, 0.15) is 146 Å². The highest BCUT2D eigenvalue weighted by molar-refractivity contribution is 4.98. The van der Waals surface area contributed by atoms with Crippen LogP contribution in [0, 0.1) is 0 Å². The predicted octanol–water partition coefficient (Wildman–Crippen LogP) is -14.1. The zero-order chi connectivity index (χ0) is 49.3. The van der Waals surface area contributed by atoms with Gasteiger partial charge in [0, 0.05) is 0 Å². The standard InChI is InChI=1S/C36H62O31/c37-1-7-13(40)19(46)23(50)32(61-7)57-5-11-17(44)29(27(54)31(56)60-11)66-36-26(53)22(49)16(43)10(65-36)4-59-34-28(55)30(67-35-25(52)21(48)15(42)9(3-39)63-35)18(45)12(64-34)6-58-33-24(51)20(47)14(41)8(2-38)62-33/h7-56H,1-6H2/t7-,8-,9-,10-,11-,12-,13-,14-,15-,16-,17-,18-,19+,20+,21+,22+,23+,24+,25+,26+,27+,28+,29+,30+,31+,32+,33+,34+,35-,36-/m1/s1. The zero-order valence-electron chi connectivity index (χ0n) is 35.0. The van der Waals surface area contributed by atoms with Gasteiger partial charge in [-0.1, -0.05) is 0 Å². The van der Waals surface area contributed by atoms with Crippen molar-refractivity contribution in [2.75, 3.05) is 39.6 Å². The number of rotatable bonds is 16. The Bertz CT molecular complexity index is 1500. The van der Waals surface area contributed by atoms with Crippen LogP contribution in [0.25, 0.3) is 0 Å². The Morgan fingerprint density at radius 2 is 0.522 bits per heavy atom. The number of ether oxygens (including phenoxy) is 11. The van der Waals surface area contributed by atoms with Crippen LogP contribution in [0.4, 0.5) is 0 Å². The van der Waals surface area contributed by atoms with Crippen molar-refractivity contribution >= 4 is 0 Å². The van der Waals surface area contributed by atoms with Crippen LogP contribution in [-0.4, -0.2) is 326 Å². The van der Waals surface area contributed by atoms with Crippen molar-refractivity contribution in [1.82, 2.24) is 0 Å². The maximum atomic E-state index is 11.4. The molecule has 0 aliphatic carbocycles. The molecule has 0 amide bonds. The summed E-state index contributed by atoms with van der Waals surface area (Å²) in [5, 5.41) is 209. The Morgan fingerprint density at radius 3 is 0.910 bits per heavy atom. The predicted molar refractivity (Wildman–Crippen MR) is 199 cm³/mol. The minimum atomic E-state index is -2.15. The lowest BCUT2D eigenvalue weighted by Crippen LogP contribution is -2.66.